The van der Waals surface area contributed by atoms with Crippen LogP contribution in [0.15, 0.2) is 24.3 Å². The second kappa shape index (κ2) is 6.10. The Labute approximate surface area is 110 Å². The second-order valence-electron chi connectivity index (χ2n) is 5.37. The minimum atomic E-state index is 0.654. The van der Waals surface area contributed by atoms with E-state index in [-0.39, 0.29) is 0 Å². The van der Waals surface area contributed by atoms with E-state index in [1.165, 1.54) is 18.5 Å². The summed E-state index contributed by atoms with van der Waals surface area (Å²) in [5.41, 5.74) is 1.22. The third-order valence-electron chi connectivity index (χ3n) is 3.41. The van der Waals surface area contributed by atoms with Crippen molar-refractivity contribution in [3.63, 3.8) is 0 Å². The van der Waals surface area contributed by atoms with Gasteiger partial charge in [0.15, 0.2) is 0 Å². The van der Waals surface area contributed by atoms with Crippen LogP contribution < -0.4 is 15.0 Å². The van der Waals surface area contributed by atoms with Crippen molar-refractivity contribution in [1.82, 2.24) is 5.32 Å². The standard InChI is InChI=1S/C15H24N2O/c1-12(10-16-13-7-8-13)11-17(2)14-5-4-6-15(9-14)18-3/h4-6,9,12-13,16H,7-8,10-11H2,1-3H3. The number of nitrogens with zero attached hydrogens (tertiary/aromatic N) is 1. The maximum atomic E-state index is 5.26. The van der Waals surface area contributed by atoms with Gasteiger partial charge in [-0.25, -0.2) is 0 Å². The molecule has 1 atom stereocenters. The predicted molar refractivity (Wildman–Crippen MR) is 76.5 cm³/mol. The van der Waals surface area contributed by atoms with Crippen molar-refractivity contribution in [3.05, 3.63) is 24.3 Å². The van der Waals surface area contributed by atoms with Crippen LogP contribution in [0.25, 0.3) is 0 Å². The fourth-order valence-corrected chi connectivity index (χ4v) is 2.14. The lowest BCUT2D eigenvalue weighted by atomic mass is 10.1. The molecule has 2 rings (SSSR count). The summed E-state index contributed by atoms with van der Waals surface area (Å²) in [6, 6.07) is 9.03. The predicted octanol–water partition coefficient (Wildman–Crippen LogP) is 2.52. The Morgan fingerprint density at radius 2 is 2.22 bits per heavy atom. The summed E-state index contributed by atoms with van der Waals surface area (Å²) in [7, 11) is 3.85. The Balaban J connectivity index is 1.82. The third-order valence-corrected chi connectivity index (χ3v) is 3.41. The van der Waals surface area contributed by atoms with E-state index in [1.807, 2.05) is 12.1 Å². The molecule has 0 radical (unpaired) electrons. The van der Waals surface area contributed by atoms with Gasteiger partial charge in [-0.3, -0.25) is 0 Å². The first-order chi connectivity index (χ1) is 8.69. The third kappa shape index (κ3) is 3.91. The average Bonchev–Trinajstić information content (AvgIpc) is 3.20. The summed E-state index contributed by atoms with van der Waals surface area (Å²) in [5.74, 6) is 1.57. The highest BCUT2D eigenvalue weighted by atomic mass is 16.5. The van der Waals surface area contributed by atoms with Crippen LogP contribution in [0.3, 0.4) is 0 Å². The SMILES string of the molecule is COc1cccc(N(C)CC(C)CNC2CC2)c1. The first-order valence-corrected chi connectivity index (χ1v) is 6.77. The van der Waals surface area contributed by atoms with E-state index in [0.717, 1.165) is 24.9 Å². The van der Waals surface area contributed by atoms with Crippen molar-refractivity contribution in [2.75, 3.05) is 32.1 Å². The van der Waals surface area contributed by atoms with Gasteiger partial charge in [0.2, 0.25) is 0 Å². The molecule has 1 N–H and O–H groups in total. The van der Waals surface area contributed by atoms with Gasteiger partial charge >= 0.3 is 0 Å². The molecule has 0 spiro atoms. The maximum Gasteiger partial charge on any atom is 0.120 e. The highest BCUT2D eigenvalue weighted by molar-refractivity contribution is 5.50. The van der Waals surface area contributed by atoms with Gasteiger partial charge in [-0.1, -0.05) is 13.0 Å². The normalized spacial score (nSPS) is 16.4. The molecule has 1 aromatic rings. The molecule has 18 heavy (non-hydrogen) atoms. The summed E-state index contributed by atoms with van der Waals surface area (Å²) in [5, 5.41) is 3.58. The average molecular weight is 248 g/mol. The molecule has 1 aliphatic rings. The molecule has 1 unspecified atom stereocenters. The molecule has 0 aliphatic heterocycles. The Kier molecular flexibility index (Phi) is 4.48. The van der Waals surface area contributed by atoms with Gasteiger partial charge in [-0.2, -0.15) is 0 Å². The van der Waals surface area contributed by atoms with Crippen LogP contribution >= 0.6 is 0 Å². The number of anilines is 1. The molecule has 0 amide bonds. The Morgan fingerprint density at radius 1 is 1.44 bits per heavy atom. The molecule has 0 aromatic heterocycles. The fraction of sp³-hybridized carbons (Fsp3) is 0.600. The first-order valence-electron chi connectivity index (χ1n) is 6.77. The van der Waals surface area contributed by atoms with Crippen LogP contribution in [0.4, 0.5) is 5.69 Å². The second-order valence-corrected chi connectivity index (χ2v) is 5.37. The molecular formula is C15H24N2O. The summed E-state index contributed by atoms with van der Waals surface area (Å²) in [6.07, 6.45) is 2.72. The molecule has 0 saturated heterocycles. The zero-order chi connectivity index (χ0) is 13.0. The van der Waals surface area contributed by atoms with Crippen LogP contribution in [0.2, 0.25) is 0 Å². The Bertz CT molecular complexity index is 377. The van der Waals surface area contributed by atoms with E-state index in [2.05, 4.69) is 36.3 Å². The Morgan fingerprint density at radius 3 is 2.89 bits per heavy atom. The summed E-state index contributed by atoms with van der Waals surface area (Å²) in [4.78, 5) is 2.29. The monoisotopic (exact) mass is 248 g/mol. The molecule has 0 heterocycles. The summed E-state index contributed by atoms with van der Waals surface area (Å²) >= 11 is 0. The largest absolute Gasteiger partial charge is 0.497 e. The van der Waals surface area contributed by atoms with Crippen LogP contribution in [0, 0.1) is 5.92 Å². The molecule has 3 heteroatoms. The zero-order valence-corrected chi connectivity index (χ0v) is 11.6. The lowest BCUT2D eigenvalue weighted by Crippen LogP contribution is -2.31. The van der Waals surface area contributed by atoms with Crippen molar-refractivity contribution >= 4 is 5.69 Å². The number of methoxy groups -OCH3 is 1. The van der Waals surface area contributed by atoms with Gasteiger partial charge < -0.3 is 15.0 Å². The van der Waals surface area contributed by atoms with Gasteiger partial charge in [0.1, 0.15) is 5.75 Å². The maximum absolute atomic E-state index is 5.26. The summed E-state index contributed by atoms with van der Waals surface area (Å²) in [6.45, 7) is 4.47. The van der Waals surface area contributed by atoms with Crippen molar-refractivity contribution in [2.45, 2.75) is 25.8 Å². The minimum absolute atomic E-state index is 0.654. The lowest BCUT2D eigenvalue weighted by molar-refractivity contribution is 0.414. The number of ether oxygens (including phenoxy) is 1. The molecule has 3 nitrogen and oxygen atoms in total. The summed E-state index contributed by atoms with van der Waals surface area (Å²) < 4.78 is 5.26. The van der Waals surface area contributed by atoms with Crippen LogP contribution in [-0.4, -0.2) is 33.3 Å². The number of rotatable bonds is 7. The van der Waals surface area contributed by atoms with Gasteiger partial charge in [0.05, 0.1) is 7.11 Å². The fourth-order valence-electron chi connectivity index (χ4n) is 2.14. The molecule has 1 aliphatic carbocycles. The van der Waals surface area contributed by atoms with Gasteiger partial charge in [-0.15, -0.1) is 0 Å². The quantitative estimate of drug-likeness (QED) is 0.802. The molecule has 0 bridgehead atoms. The van der Waals surface area contributed by atoms with E-state index in [0.29, 0.717) is 5.92 Å². The minimum Gasteiger partial charge on any atom is -0.497 e. The van der Waals surface area contributed by atoms with E-state index in [4.69, 9.17) is 4.74 Å². The molecule has 1 saturated carbocycles. The first kappa shape index (κ1) is 13.2. The highest BCUT2D eigenvalue weighted by Crippen LogP contribution is 2.21. The van der Waals surface area contributed by atoms with Gasteiger partial charge in [0, 0.05) is 31.4 Å². The smallest absolute Gasteiger partial charge is 0.120 e. The molecule has 1 aromatic carbocycles. The topological polar surface area (TPSA) is 24.5 Å². The molecule has 1 fully saturated rings. The molecule has 100 valence electrons. The van der Waals surface area contributed by atoms with E-state index >= 15 is 0 Å². The number of benzene rings is 1. The number of hydrogen-bond donors (Lipinski definition) is 1. The highest BCUT2D eigenvalue weighted by Gasteiger charge is 2.21. The van der Waals surface area contributed by atoms with Crippen molar-refractivity contribution in [2.24, 2.45) is 5.92 Å². The zero-order valence-electron chi connectivity index (χ0n) is 11.6. The lowest BCUT2D eigenvalue weighted by Gasteiger charge is -2.24. The Hall–Kier alpha value is -1.22. The number of nitrogens with one attached hydrogen (secondary N) is 1. The van der Waals surface area contributed by atoms with Crippen LogP contribution in [0.5, 0.6) is 5.75 Å². The van der Waals surface area contributed by atoms with Crippen LogP contribution in [-0.2, 0) is 0 Å². The van der Waals surface area contributed by atoms with Gasteiger partial charge in [0.25, 0.3) is 0 Å². The van der Waals surface area contributed by atoms with Crippen molar-refractivity contribution in [3.8, 4) is 5.75 Å². The van der Waals surface area contributed by atoms with Crippen molar-refractivity contribution < 1.29 is 4.74 Å². The number of hydrogen-bond acceptors (Lipinski definition) is 3. The van der Waals surface area contributed by atoms with Crippen LogP contribution in [0.1, 0.15) is 19.8 Å². The van der Waals surface area contributed by atoms with E-state index < -0.39 is 0 Å². The van der Waals surface area contributed by atoms with E-state index in [9.17, 15) is 0 Å². The molecular weight excluding hydrogens is 224 g/mol. The van der Waals surface area contributed by atoms with E-state index in [1.54, 1.807) is 7.11 Å². The van der Waals surface area contributed by atoms with Crippen molar-refractivity contribution in [1.29, 1.82) is 0 Å². The van der Waals surface area contributed by atoms with Gasteiger partial charge in [-0.05, 0) is 37.4 Å².